The molecule has 14 atom stereocenters. The summed E-state index contributed by atoms with van der Waals surface area (Å²) < 4.78 is 81.7. The number of aliphatic carboxylic acids is 1. The number of esters is 2. The first-order valence-corrected chi connectivity index (χ1v) is 23.3. The molecule has 2 aromatic rings. The zero-order valence-corrected chi connectivity index (χ0v) is 40.5. The minimum Gasteiger partial charge on any atom is -0.503 e. The van der Waals surface area contributed by atoms with Crippen molar-refractivity contribution in [1.29, 1.82) is 0 Å². The third-order valence-electron chi connectivity index (χ3n) is 11.9. The number of rotatable bonds is 9. The van der Waals surface area contributed by atoms with Gasteiger partial charge in [0.05, 0.1) is 69.3 Å². The van der Waals surface area contributed by atoms with Gasteiger partial charge in [0.25, 0.3) is 0 Å². The van der Waals surface area contributed by atoms with Gasteiger partial charge in [-0.25, -0.2) is 14.6 Å². The van der Waals surface area contributed by atoms with Gasteiger partial charge in [0.1, 0.15) is 42.1 Å². The maximum Gasteiger partial charge on any atom is 0.433 e. The van der Waals surface area contributed by atoms with Crippen LogP contribution in [0.3, 0.4) is 0 Å². The van der Waals surface area contributed by atoms with Crippen molar-refractivity contribution in [3.8, 4) is 5.88 Å². The highest BCUT2D eigenvalue weighted by Gasteiger charge is 2.51. The number of carboxylic acid groups (broad SMARTS) is 1. The Hall–Kier alpha value is -5.79. The number of ether oxygens (including phenoxy) is 8. The van der Waals surface area contributed by atoms with E-state index in [9.17, 15) is 58.2 Å². The van der Waals surface area contributed by atoms with Gasteiger partial charge in [-0.05, 0) is 37.1 Å². The van der Waals surface area contributed by atoms with Crippen LogP contribution in [0.2, 0.25) is 0 Å². The standard InChI is InChI=1S/C33H47NO13.C18H16F3NO4/c1-18-10-8-6-4-3-5-7-9-11-21(45-32-30(39)28(34)29(38)19(2)44-32)15-25-27(31(40)41)22(36)17-33(42,47-25)16-20(35)14-24-23(46-24)12-13-26(37)43-18;1-24-11-14(17(23)25-2)13-7-4-3-6-12(13)10-26-16-9-5-8-15(22-16)18(19,20)21/h3-9,11-13,18-25,27-30,32,35-36,38-39,42H,10,14-17,34H2,1-2H3,(H,40,41);3-9,11H,10H2,1-2H3/b4-3+,7-5+,8-6+,11-9+,13-12+;14-11+/t18-,19-,20+,21+,22+,23-,24-,25+,27-,28+,29-,30+,32+,33-;/m1./s1. The van der Waals surface area contributed by atoms with Crippen LogP contribution in [0.5, 0.6) is 5.88 Å². The third kappa shape index (κ3) is 17.4. The number of hydrogen-bond donors (Lipinski definition) is 7. The number of nitrogens with two attached hydrogens (primary N) is 1. The highest BCUT2D eigenvalue weighted by atomic mass is 19.4. The summed E-state index contributed by atoms with van der Waals surface area (Å²) in [5.74, 6) is -6.24. The van der Waals surface area contributed by atoms with E-state index in [1.807, 2.05) is 6.08 Å². The Morgan fingerprint density at radius 2 is 1.62 bits per heavy atom. The van der Waals surface area contributed by atoms with Gasteiger partial charge in [0.15, 0.2) is 12.1 Å². The Kier molecular flexibility index (Phi) is 21.5. The Labute approximate surface area is 419 Å². The lowest BCUT2D eigenvalue weighted by molar-refractivity contribution is -0.308. The number of allylic oxidation sites excluding steroid dienone is 6. The van der Waals surface area contributed by atoms with E-state index >= 15 is 0 Å². The zero-order chi connectivity index (χ0) is 53.5. The second-order valence-electron chi connectivity index (χ2n) is 17.6. The van der Waals surface area contributed by atoms with E-state index in [1.165, 1.54) is 44.8 Å². The monoisotopic (exact) mass is 1030 g/mol. The molecular formula is C51H63F3N2O17. The predicted octanol–water partition coefficient (Wildman–Crippen LogP) is 3.96. The van der Waals surface area contributed by atoms with Crippen LogP contribution < -0.4 is 10.5 Å². The summed E-state index contributed by atoms with van der Waals surface area (Å²) in [4.78, 5) is 39.8. The summed E-state index contributed by atoms with van der Waals surface area (Å²) in [6.07, 6.45) is 1.92. The maximum absolute atomic E-state index is 12.7. The number of carboxylic acids is 1. The minimum absolute atomic E-state index is 0.0789. The number of fused-ring (bicyclic) bond motifs is 3. The van der Waals surface area contributed by atoms with Crippen LogP contribution in [0, 0.1) is 5.92 Å². The fourth-order valence-corrected chi connectivity index (χ4v) is 8.17. The number of halogens is 3. The molecule has 5 heterocycles. The molecule has 1 aromatic heterocycles. The number of epoxide rings is 1. The van der Waals surface area contributed by atoms with E-state index in [1.54, 1.807) is 80.6 Å². The molecule has 19 nitrogen and oxygen atoms in total. The number of hydrogen-bond acceptors (Lipinski definition) is 18. The summed E-state index contributed by atoms with van der Waals surface area (Å²) in [5.41, 5.74) is 6.13. The van der Waals surface area contributed by atoms with Gasteiger partial charge >= 0.3 is 24.1 Å². The van der Waals surface area contributed by atoms with Gasteiger partial charge in [0, 0.05) is 44.2 Å². The number of cyclic esters (lactones) is 1. The number of carbonyl (C=O) groups excluding carboxylic acids is 2. The molecule has 0 saturated carbocycles. The highest BCUT2D eigenvalue weighted by molar-refractivity contribution is 6.16. The molecule has 8 N–H and O–H groups in total. The van der Waals surface area contributed by atoms with Crippen LogP contribution in [0.15, 0.2) is 109 Å². The molecule has 3 saturated heterocycles. The molecule has 0 radical (unpaired) electrons. The Morgan fingerprint density at radius 1 is 0.904 bits per heavy atom. The number of pyridine rings is 1. The number of carbonyl (C=O) groups is 3. The van der Waals surface area contributed by atoms with E-state index in [0.29, 0.717) is 17.5 Å². The zero-order valence-electron chi connectivity index (χ0n) is 40.5. The molecule has 0 aliphatic carbocycles. The first-order chi connectivity index (χ1) is 34.6. The van der Waals surface area contributed by atoms with Crippen LogP contribution in [0.1, 0.15) is 62.8 Å². The molecule has 0 amide bonds. The fraction of sp³-hybridized carbons (Fsp3) is 0.490. The SMILES string of the molecule is CO/C=C(/C(=O)OC)c1ccccc1COc1cccc(C(F)(F)F)n1.C[C@@H]1C/C=C/C=C/C=C/C=C/[C@H](O[C@@H]2O[C@H](C)[C@@H](O)[C@H](N)[C@@H]2O)C[C@@H]2O[C@](O)(C[C@@H](O)C[C@H]3O[C@@H]3/C=C/C(=O)O1)C[C@H](O)[C@H]2C(=O)O. The Bertz CT molecular complexity index is 2340. The maximum atomic E-state index is 12.7. The van der Waals surface area contributed by atoms with E-state index < -0.39 is 115 Å². The normalized spacial score (nSPS) is 34.6. The average Bonchev–Trinajstić information content (AvgIpc) is 4.08. The lowest BCUT2D eigenvalue weighted by Crippen LogP contribution is -2.61. The second-order valence-corrected chi connectivity index (χ2v) is 17.6. The van der Waals surface area contributed by atoms with Gasteiger partial charge in [-0.2, -0.15) is 13.2 Å². The van der Waals surface area contributed by atoms with Gasteiger partial charge in [0.2, 0.25) is 5.88 Å². The van der Waals surface area contributed by atoms with Gasteiger partial charge in [-0.1, -0.05) is 78.9 Å². The van der Waals surface area contributed by atoms with Crippen LogP contribution in [-0.2, 0) is 60.3 Å². The summed E-state index contributed by atoms with van der Waals surface area (Å²) >= 11 is 0. The number of aromatic nitrogens is 1. The molecule has 1 aromatic carbocycles. The molecule has 4 aliphatic rings. The molecule has 22 heteroatoms. The number of alkyl halides is 3. The molecule has 4 aliphatic heterocycles. The molecular weight excluding hydrogens is 970 g/mol. The molecule has 2 bridgehead atoms. The number of benzene rings is 1. The van der Waals surface area contributed by atoms with E-state index in [4.69, 9.17) is 43.6 Å². The van der Waals surface area contributed by atoms with Crippen LogP contribution in [-0.4, -0.2) is 147 Å². The Balaban J connectivity index is 0.000000321. The smallest absolute Gasteiger partial charge is 0.433 e. The summed E-state index contributed by atoms with van der Waals surface area (Å²) in [7, 11) is 2.62. The molecule has 0 spiro atoms. The minimum atomic E-state index is -4.56. The number of aliphatic hydroxyl groups excluding tert-OH is 4. The first-order valence-electron chi connectivity index (χ1n) is 23.3. The number of aliphatic hydroxyl groups is 5. The fourth-order valence-electron chi connectivity index (χ4n) is 8.17. The van der Waals surface area contributed by atoms with Crippen molar-refractivity contribution in [2.24, 2.45) is 11.7 Å². The topological polar surface area (TPSA) is 289 Å². The molecule has 6 rings (SSSR count). The lowest BCUT2D eigenvalue weighted by Gasteiger charge is -2.45. The van der Waals surface area contributed by atoms with Crippen LogP contribution in [0.25, 0.3) is 5.57 Å². The third-order valence-corrected chi connectivity index (χ3v) is 11.9. The van der Waals surface area contributed by atoms with Crippen LogP contribution >= 0.6 is 0 Å². The Morgan fingerprint density at radius 3 is 2.32 bits per heavy atom. The van der Waals surface area contributed by atoms with Crippen molar-refractivity contribution in [3.63, 3.8) is 0 Å². The molecule has 0 unspecified atom stereocenters. The summed E-state index contributed by atoms with van der Waals surface area (Å²) in [6.45, 7) is 3.24. The van der Waals surface area contributed by atoms with Crippen molar-refractivity contribution in [2.45, 2.75) is 138 Å². The second kappa shape index (κ2) is 27.0. The quantitative estimate of drug-likeness (QED) is 0.0810. The van der Waals surface area contributed by atoms with Crippen LogP contribution in [0.4, 0.5) is 13.2 Å². The largest absolute Gasteiger partial charge is 0.503 e. The summed E-state index contributed by atoms with van der Waals surface area (Å²) in [5, 5.41) is 63.9. The van der Waals surface area contributed by atoms with E-state index in [2.05, 4.69) is 4.98 Å². The van der Waals surface area contributed by atoms with E-state index in [0.717, 1.165) is 6.07 Å². The van der Waals surface area contributed by atoms with Crippen molar-refractivity contribution in [2.75, 3.05) is 14.2 Å². The van der Waals surface area contributed by atoms with Crippen molar-refractivity contribution in [3.05, 3.63) is 126 Å². The lowest BCUT2D eigenvalue weighted by atomic mass is 9.83. The summed E-state index contributed by atoms with van der Waals surface area (Å²) in [6, 6.07) is 9.06. The molecule has 400 valence electrons. The average molecular weight is 1030 g/mol. The predicted molar refractivity (Wildman–Crippen MR) is 252 cm³/mol. The van der Waals surface area contributed by atoms with Crippen molar-refractivity contribution < 1.29 is 96.1 Å². The van der Waals surface area contributed by atoms with E-state index in [-0.39, 0.29) is 43.4 Å². The molecule has 3 fully saturated rings. The molecule has 73 heavy (non-hydrogen) atoms. The highest BCUT2D eigenvalue weighted by Crippen LogP contribution is 2.39. The van der Waals surface area contributed by atoms with Gasteiger partial charge in [-0.15, -0.1) is 0 Å². The van der Waals surface area contributed by atoms with Crippen molar-refractivity contribution in [1.82, 2.24) is 4.98 Å². The van der Waals surface area contributed by atoms with Gasteiger partial charge in [-0.3, -0.25) is 4.79 Å². The number of nitrogens with zero attached hydrogens (tertiary/aromatic N) is 1. The van der Waals surface area contributed by atoms with Crippen molar-refractivity contribution >= 4 is 23.5 Å². The number of methoxy groups -OCH3 is 2. The van der Waals surface area contributed by atoms with Gasteiger partial charge < -0.3 is 74.3 Å². The first kappa shape index (κ1) is 58.1.